The minimum absolute atomic E-state index is 0.0515. The van der Waals surface area contributed by atoms with Crippen LogP contribution in [0.2, 0.25) is 0 Å². The molecule has 2 aromatic carbocycles. The van der Waals surface area contributed by atoms with Gasteiger partial charge in [-0.05, 0) is 42.0 Å². The molecule has 0 aromatic heterocycles. The first-order valence-corrected chi connectivity index (χ1v) is 9.98. The summed E-state index contributed by atoms with van der Waals surface area (Å²) in [4.78, 5) is 26.1. The van der Waals surface area contributed by atoms with Gasteiger partial charge in [0, 0.05) is 31.6 Å². The molecule has 1 unspecified atom stereocenters. The summed E-state index contributed by atoms with van der Waals surface area (Å²) in [5.41, 5.74) is 4.47. The molecule has 1 atom stereocenters. The van der Waals surface area contributed by atoms with Gasteiger partial charge in [-0.1, -0.05) is 61.5 Å². The number of hydrogen-bond acceptors (Lipinski definition) is 2. The number of hydrogen-bond donors (Lipinski definition) is 1. The minimum atomic E-state index is -0.0515. The van der Waals surface area contributed by atoms with Gasteiger partial charge in [0.05, 0.1) is 0 Å². The third-order valence-corrected chi connectivity index (χ3v) is 5.24. The lowest BCUT2D eigenvalue weighted by Gasteiger charge is -2.35. The summed E-state index contributed by atoms with van der Waals surface area (Å²) < 4.78 is 0. The topological polar surface area (TPSA) is 49.4 Å². The molecule has 28 heavy (non-hydrogen) atoms. The lowest BCUT2D eigenvalue weighted by atomic mass is 9.86. The predicted octanol–water partition coefficient (Wildman–Crippen LogP) is 4.45. The number of nitrogens with one attached hydrogen (secondary N) is 1. The Balaban J connectivity index is 1.75. The molecule has 2 aromatic rings. The number of amides is 2. The van der Waals surface area contributed by atoms with Crippen LogP contribution in [-0.4, -0.2) is 29.3 Å². The highest BCUT2D eigenvalue weighted by Crippen LogP contribution is 2.30. The van der Waals surface area contributed by atoms with Crippen molar-refractivity contribution in [2.45, 2.75) is 45.6 Å². The number of carbonyl (C=O) groups excluding carboxylic acids is 2. The van der Waals surface area contributed by atoms with E-state index in [4.69, 9.17) is 0 Å². The zero-order chi connectivity index (χ0) is 19.9. The van der Waals surface area contributed by atoms with Crippen molar-refractivity contribution in [3.8, 4) is 0 Å². The van der Waals surface area contributed by atoms with Crippen LogP contribution in [0.3, 0.4) is 0 Å². The molecule has 1 aliphatic carbocycles. The molecule has 1 aliphatic rings. The first-order valence-electron chi connectivity index (χ1n) is 9.98. The molecule has 4 heteroatoms. The molecule has 0 spiro atoms. The Morgan fingerprint density at radius 1 is 1.14 bits per heavy atom. The molecule has 0 fully saturated rings. The van der Waals surface area contributed by atoms with E-state index < -0.39 is 0 Å². The lowest BCUT2D eigenvalue weighted by molar-refractivity contribution is -0.132. The summed E-state index contributed by atoms with van der Waals surface area (Å²) in [6, 6.07) is 16.4. The zero-order valence-corrected chi connectivity index (χ0v) is 16.7. The molecule has 3 rings (SSSR count). The van der Waals surface area contributed by atoms with Crippen molar-refractivity contribution in [2.75, 3.05) is 11.9 Å². The predicted molar refractivity (Wildman–Crippen MR) is 114 cm³/mol. The summed E-state index contributed by atoms with van der Waals surface area (Å²) in [6.07, 6.45) is 7.26. The van der Waals surface area contributed by atoms with E-state index in [2.05, 4.69) is 35.7 Å². The smallest absolute Gasteiger partial charge is 0.222 e. The molecule has 0 heterocycles. The minimum Gasteiger partial charge on any atom is -0.336 e. The van der Waals surface area contributed by atoms with Crippen LogP contribution in [0, 0.1) is 0 Å². The van der Waals surface area contributed by atoms with E-state index in [-0.39, 0.29) is 17.9 Å². The van der Waals surface area contributed by atoms with Crippen LogP contribution < -0.4 is 5.32 Å². The molecule has 0 bridgehead atoms. The first kappa shape index (κ1) is 19.9. The normalized spacial score (nSPS) is 15.9. The van der Waals surface area contributed by atoms with Gasteiger partial charge >= 0.3 is 0 Å². The molecule has 146 valence electrons. The molecule has 2 amide bonds. The van der Waals surface area contributed by atoms with Crippen molar-refractivity contribution in [2.24, 2.45) is 0 Å². The number of rotatable bonds is 6. The van der Waals surface area contributed by atoms with E-state index in [9.17, 15) is 9.59 Å². The second kappa shape index (κ2) is 9.36. The average Bonchev–Trinajstić information content (AvgIpc) is 2.71. The highest BCUT2D eigenvalue weighted by molar-refractivity contribution is 5.89. The van der Waals surface area contributed by atoms with Gasteiger partial charge in [0.1, 0.15) is 0 Å². The fourth-order valence-corrected chi connectivity index (χ4v) is 3.88. The standard InChI is InChI=1S/C24H28N2O2/c1-3-24(28)26(16-8-11-19-9-5-4-6-10-19)21-14-15-22-20(17-21)12-7-13-23(22)25-18(2)27/h4-13,21H,3,14-17H2,1-2H3,(H,25,27)/b11-8-. The van der Waals surface area contributed by atoms with Crippen molar-refractivity contribution in [1.82, 2.24) is 4.90 Å². The Labute approximate surface area is 167 Å². The fraction of sp³-hybridized carbons (Fsp3) is 0.333. The van der Waals surface area contributed by atoms with E-state index in [0.29, 0.717) is 13.0 Å². The van der Waals surface area contributed by atoms with E-state index in [1.165, 1.54) is 18.1 Å². The molecule has 0 saturated carbocycles. The molecule has 0 aliphatic heterocycles. The summed E-state index contributed by atoms with van der Waals surface area (Å²) in [6.45, 7) is 4.07. The summed E-state index contributed by atoms with van der Waals surface area (Å²) >= 11 is 0. The molecule has 4 nitrogen and oxygen atoms in total. The Morgan fingerprint density at radius 2 is 1.93 bits per heavy atom. The summed E-state index contributed by atoms with van der Waals surface area (Å²) in [5.74, 6) is 0.133. The summed E-state index contributed by atoms with van der Waals surface area (Å²) in [5, 5.41) is 2.93. The van der Waals surface area contributed by atoms with Gasteiger partial charge in [-0.3, -0.25) is 9.59 Å². The Bertz CT molecular complexity index is 858. The van der Waals surface area contributed by atoms with Crippen LogP contribution in [0.15, 0.2) is 54.6 Å². The SMILES string of the molecule is CCC(=O)N(C/C=C\c1ccccc1)C1CCc2c(cccc2NC(C)=O)C1. The lowest BCUT2D eigenvalue weighted by Crippen LogP contribution is -2.43. The zero-order valence-electron chi connectivity index (χ0n) is 16.7. The number of carbonyl (C=O) groups is 2. The monoisotopic (exact) mass is 376 g/mol. The van der Waals surface area contributed by atoms with Gasteiger partial charge < -0.3 is 10.2 Å². The van der Waals surface area contributed by atoms with Crippen LogP contribution in [0.25, 0.3) is 6.08 Å². The van der Waals surface area contributed by atoms with E-state index in [0.717, 1.165) is 30.5 Å². The second-order valence-electron chi connectivity index (χ2n) is 7.23. The van der Waals surface area contributed by atoms with E-state index >= 15 is 0 Å². The molecular weight excluding hydrogens is 348 g/mol. The maximum atomic E-state index is 12.6. The number of anilines is 1. The van der Waals surface area contributed by atoms with Crippen LogP contribution in [0.1, 0.15) is 43.4 Å². The Hall–Kier alpha value is -2.88. The fourth-order valence-electron chi connectivity index (χ4n) is 3.88. The van der Waals surface area contributed by atoms with Crippen molar-refractivity contribution in [1.29, 1.82) is 0 Å². The van der Waals surface area contributed by atoms with Gasteiger partial charge in [0.15, 0.2) is 0 Å². The quantitative estimate of drug-likeness (QED) is 0.809. The van der Waals surface area contributed by atoms with E-state index in [1.54, 1.807) is 0 Å². The third kappa shape index (κ3) is 4.89. The molecule has 0 radical (unpaired) electrons. The van der Waals surface area contributed by atoms with Gasteiger partial charge in [-0.2, -0.15) is 0 Å². The maximum absolute atomic E-state index is 12.6. The van der Waals surface area contributed by atoms with Crippen LogP contribution in [0.4, 0.5) is 5.69 Å². The van der Waals surface area contributed by atoms with Gasteiger partial charge in [0.25, 0.3) is 0 Å². The van der Waals surface area contributed by atoms with Gasteiger partial charge in [0.2, 0.25) is 11.8 Å². The highest BCUT2D eigenvalue weighted by Gasteiger charge is 2.27. The Morgan fingerprint density at radius 3 is 2.64 bits per heavy atom. The van der Waals surface area contributed by atoms with Gasteiger partial charge in [-0.25, -0.2) is 0 Å². The first-order chi connectivity index (χ1) is 13.6. The van der Waals surface area contributed by atoms with Gasteiger partial charge in [-0.15, -0.1) is 0 Å². The van der Waals surface area contributed by atoms with Crippen LogP contribution in [0.5, 0.6) is 0 Å². The maximum Gasteiger partial charge on any atom is 0.222 e. The molecule has 0 saturated heterocycles. The van der Waals surface area contributed by atoms with Crippen molar-refractivity contribution in [3.63, 3.8) is 0 Å². The van der Waals surface area contributed by atoms with Crippen LogP contribution >= 0.6 is 0 Å². The van der Waals surface area contributed by atoms with E-state index in [1.807, 2.05) is 42.2 Å². The largest absolute Gasteiger partial charge is 0.336 e. The average molecular weight is 377 g/mol. The third-order valence-electron chi connectivity index (χ3n) is 5.24. The van der Waals surface area contributed by atoms with Crippen molar-refractivity contribution < 1.29 is 9.59 Å². The number of fused-ring (bicyclic) bond motifs is 1. The van der Waals surface area contributed by atoms with Crippen LogP contribution in [-0.2, 0) is 22.4 Å². The Kier molecular flexibility index (Phi) is 6.64. The molecule has 1 N–H and O–H groups in total. The van der Waals surface area contributed by atoms with Crippen molar-refractivity contribution >= 4 is 23.6 Å². The number of nitrogens with zero attached hydrogens (tertiary/aromatic N) is 1. The highest BCUT2D eigenvalue weighted by atomic mass is 16.2. The number of benzene rings is 2. The van der Waals surface area contributed by atoms with Crippen molar-refractivity contribution in [3.05, 3.63) is 71.3 Å². The summed E-state index contributed by atoms with van der Waals surface area (Å²) in [7, 11) is 0. The second-order valence-corrected chi connectivity index (χ2v) is 7.23. The molecular formula is C24H28N2O2.